The molecule has 0 aromatic carbocycles. The molecule has 2 aromatic heterocycles. The Labute approximate surface area is 124 Å². The van der Waals surface area contributed by atoms with Crippen molar-refractivity contribution in [3.05, 3.63) is 23.8 Å². The number of carbonyl (C=O) groups excluding carboxylic acids is 1. The maximum atomic E-state index is 12.7. The predicted octanol–water partition coefficient (Wildman–Crippen LogP) is 0.286. The summed E-state index contributed by atoms with van der Waals surface area (Å²) in [6.45, 7) is 1.90. The van der Waals surface area contributed by atoms with E-state index in [1.54, 1.807) is 0 Å². The number of hydrogen-bond acceptors (Lipinski definition) is 6. The van der Waals surface area contributed by atoms with Crippen molar-refractivity contribution >= 4 is 29.4 Å². The topological polar surface area (TPSA) is 101 Å². The van der Waals surface area contributed by atoms with E-state index in [1.807, 2.05) is 6.92 Å². The van der Waals surface area contributed by atoms with E-state index in [0.717, 1.165) is 0 Å². The fourth-order valence-corrected chi connectivity index (χ4v) is 3.49. The maximum absolute atomic E-state index is 12.7. The molecule has 3 heterocycles. The zero-order valence-corrected chi connectivity index (χ0v) is 12.1. The van der Waals surface area contributed by atoms with Gasteiger partial charge in [-0.25, -0.2) is 14.3 Å². The third-order valence-corrected chi connectivity index (χ3v) is 4.41. The number of thioether (sulfide) groups is 1. The molecule has 0 radical (unpaired) electrons. The Morgan fingerprint density at radius 2 is 2.29 bits per heavy atom. The van der Waals surface area contributed by atoms with Crippen molar-refractivity contribution in [2.24, 2.45) is 0 Å². The van der Waals surface area contributed by atoms with Crippen molar-refractivity contribution in [2.75, 3.05) is 11.6 Å². The molecule has 110 valence electrons. The molecule has 0 bridgehead atoms. The van der Waals surface area contributed by atoms with Crippen molar-refractivity contribution in [1.29, 1.82) is 0 Å². The molecule has 1 aliphatic heterocycles. The number of fused-ring (bicyclic) bond motifs is 1. The second kappa shape index (κ2) is 5.32. The zero-order valence-electron chi connectivity index (χ0n) is 11.3. The number of carbonyl (C=O) groups is 2. The molecule has 1 atom stereocenters. The molecule has 0 saturated carbocycles. The summed E-state index contributed by atoms with van der Waals surface area (Å²) in [6.07, 6.45) is 3.40. The van der Waals surface area contributed by atoms with Crippen LogP contribution in [-0.2, 0) is 11.2 Å². The van der Waals surface area contributed by atoms with Gasteiger partial charge in [0, 0.05) is 11.9 Å². The van der Waals surface area contributed by atoms with E-state index in [2.05, 4.69) is 15.1 Å². The fraction of sp³-hybridized carbons (Fsp3) is 0.417. The lowest BCUT2D eigenvalue weighted by molar-refractivity contribution is -0.140. The Hall–Kier alpha value is -2.16. The molecule has 1 fully saturated rings. The van der Waals surface area contributed by atoms with Gasteiger partial charge in [-0.15, -0.1) is 11.8 Å². The molecule has 8 nitrogen and oxygen atoms in total. The molecule has 2 aromatic rings. The van der Waals surface area contributed by atoms with Gasteiger partial charge in [-0.05, 0) is 6.42 Å². The number of aryl methyl sites for hydroxylation is 1. The van der Waals surface area contributed by atoms with Crippen LogP contribution in [0.4, 0.5) is 0 Å². The second-order valence-corrected chi connectivity index (χ2v) is 5.57. The number of nitrogens with zero attached hydrogens (tertiary/aromatic N) is 5. The first kappa shape index (κ1) is 13.8. The summed E-state index contributed by atoms with van der Waals surface area (Å²) in [4.78, 5) is 33.3. The lowest BCUT2D eigenvalue weighted by atomic mass is 10.1. The minimum Gasteiger partial charge on any atom is -0.480 e. The van der Waals surface area contributed by atoms with E-state index in [-0.39, 0.29) is 5.91 Å². The van der Waals surface area contributed by atoms with Crippen molar-refractivity contribution in [1.82, 2.24) is 24.5 Å². The molecule has 3 rings (SSSR count). The highest BCUT2D eigenvalue weighted by Gasteiger charge is 2.36. The summed E-state index contributed by atoms with van der Waals surface area (Å²) in [5.74, 6) is -0.111. The first-order valence-electron chi connectivity index (χ1n) is 6.42. The van der Waals surface area contributed by atoms with Crippen LogP contribution in [0.25, 0.3) is 5.78 Å². The molecule has 1 N–H and O–H groups in total. The Bertz CT molecular complexity index is 716. The number of rotatable bonds is 3. The highest BCUT2D eigenvalue weighted by Crippen LogP contribution is 2.24. The van der Waals surface area contributed by atoms with Crippen LogP contribution in [0.15, 0.2) is 12.5 Å². The van der Waals surface area contributed by atoms with Gasteiger partial charge >= 0.3 is 5.97 Å². The monoisotopic (exact) mass is 307 g/mol. The van der Waals surface area contributed by atoms with Gasteiger partial charge in [0.15, 0.2) is 0 Å². The number of carboxylic acids is 1. The lowest BCUT2D eigenvalue weighted by Crippen LogP contribution is -2.42. The van der Waals surface area contributed by atoms with E-state index in [0.29, 0.717) is 35.1 Å². The molecule has 21 heavy (non-hydrogen) atoms. The molecule has 9 heteroatoms. The van der Waals surface area contributed by atoms with Crippen LogP contribution in [-0.4, -0.2) is 59.1 Å². The van der Waals surface area contributed by atoms with E-state index in [4.69, 9.17) is 0 Å². The minimum atomic E-state index is -0.985. The average Bonchev–Trinajstić information content (AvgIpc) is 3.13. The zero-order chi connectivity index (χ0) is 15.0. The first-order valence-corrected chi connectivity index (χ1v) is 7.58. The number of carboxylic acid groups (broad SMARTS) is 1. The average molecular weight is 307 g/mol. The molecule has 1 saturated heterocycles. The summed E-state index contributed by atoms with van der Waals surface area (Å²) in [5.41, 5.74) is 1.06. The van der Waals surface area contributed by atoms with Crippen molar-refractivity contribution in [2.45, 2.75) is 19.4 Å². The van der Waals surface area contributed by atoms with Crippen LogP contribution in [0.1, 0.15) is 23.0 Å². The molecule has 1 amide bonds. The first-order chi connectivity index (χ1) is 10.1. The van der Waals surface area contributed by atoms with E-state index < -0.39 is 12.0 Å². The maximum Gasteiger partial charge on any atom is 0.327 e. The van der Waals surface area contributed by atoms with Gasteiger partial charge in [-0.3, -0.25) is 4.79 Å². The summed E-state index contributed by atoms with van der Waals surface area (Å²) >= 11 is 1.43. The van der Waals surface area contributed by atoms with Crippen LogP contribution < -0.4 is 0 Å². The SMILES string of the molecule is CCc1c(C(=O)N2CSC[C@H]2C(=O)O)cnc2ncnn12. The highest BCUT2D eigenvalue weighted by atomic mass is 32.2. The van der Waals surface area contributed by atoms with Gasteiger partial charge in [0.05, 0.1) is 17.1 Å². The molecular weight excluding hydrogens is 294 g/mol. The summed E-state index contributed by atoms with van der Waals surface area (Å²) < 4.78 is 1.52. The Kier molecular flexibility index (Phi) is 3.50. The predicted molar refractivity (Wildman–Crippen MR) is 75.1 cm³/mol. The number of amides is 1. The van der Waals surface area contributed by atoms with Gasteiger partial charge in [-0.2, -0.15) is 10.1 Å². The van der Waals surface area contributed by atoms with Crippen LogP contribution in [0, 0.1) is 0 Å². The lowest BCUT2D eigenvalue weighted by Gasteiger charge is -2.21. The Balaban J connectivity index is 2.03. The fourth-order valence-electron chi connectivity index (χ4n) is 2.35. The normalized spacial score (nSPS) is 18.3. The summed E-state index contributed by atoms with van der Waals surface area (Å²) in [7, 11) is 0. The van der Waals surface area contributed by atoms with E-state index >= 15 is 0 Å². The Morgan fingerprint density at radius 3 is 3.00 bits per heavy atom. The number of hydrogen-bond donors (Lipinski definition) is 1. The van der Waals surface area contributed by atoms with Crippen molar-refractivity contribution in [3.8, 4) is 0 Å². The summed E-state index contributed by atoms with van der Waals surface area (Å²) in [5, 5.41) is 13.3. The summed E-state index contributed by atoms with van der Waals surface area (Å²) in [6, 6.07) is -0.793. The second-order valence-electron chi connectivity index (χ2n) is 4.57. The van der Waals surface area contributed by atoms with Crippen LogP contribution in [0.3, 0.4) is 0 Å². The van der Waals surface area contributed by atoms with Gasteiger partial charge < -0.3 is 10.0 Å². The van der Waals surface area contributed by atoms with Crippen LogP contribution >= 0.6 is 11.8 Å². The minimum absolute atomic E-state index is 0.325. The van der Waals surface area contributed by atoms with Gasteiger partial charge in [0.2, 0.25) is 0 Å². The molecule has 0 unspecified atom stereocenters. The quantitative estimate of drug-likeness (QED) is 0.869. The van der Waals surface area contributed by atoms with Gasteiger partial charge in [-0.1, -0.05) is 6.92 Å². The van der Waals surface area contributed by atoms with Crippen LogP contribution in [0.5, 0.6) is 0 Å². The van der Waals surface area contributed by atoms with Crippen molar-refractivity contribution in [3.63, 3.8) is 0 Å². The van der Waals surface area contributed by atoms with E-state index in [9.17, 15) is 14.7 Å². The highest BCUT2D eigenvalue weighted by molar-refractivity contribution is 7.99. The smallest absolute Gasteiger partial charge is 0.327 e. The largest absolute Gasteiger partial charge is 0.480 e. The van der Waals surface area contributed by atoms with Gasteiger partial charge in [0.25, 0.3) is 11.7 Å². The number of aliphatic carboxylic acids is 1. The third-order valence-electron chi connectivity index (χ3n) is 3.40. The Morgan fingerprint density at radius 1 is 1.48 bits per heavy atom. The molecular formula is C12H13N5O3S. The van der Waals surface area contributed by atoms with Gasteiger partial charge in [0.1, 0.15) is 12.4 Å². The number of aromatic nitrogens is 4. The standard InChI is InChI=1S/C12H13N5O3S/c1-2-8-7(3-13-12-14-5-15-17(8)12)10(18)16-6-21-4-9(16)11(19)20/h3,5,9H,2,4,6H2,1H3,(H,19,20)/t9-/m0/s1. The van der Waals surface area contributed by atoms with E-state index in [1.165, 1.54) is 33.7 Å². The third kappa shape index (κ3) is 2.23. The van der Waals surface area contributed by atoms with Crippen molar-refractivity contribution < 1.29 is 14.7 Å². The molecule has 1 aliphatic rings. The molecule has 0 spiro atoms. The van der Waals surface area contributed by atoms with Crippen LogP contribution in [0.2, 0.25) is 0 Å². The molecule has 0 aliphatic carbocycles.